The summed E-state index contributed by atoms with van der Waals surface area (Å²) in [5.74, 6) is -3.38. The smallest absolute Gasteiger partial charge is 0.409 e. The Hall–Kier alpha value is -2.06. The topological polar surface area (TPSA) is 58.8 Å². The Balaban J connectivity index is 1.57. The molecule has 5 nitrogen and oxygen atoms in total. The van der Waals surface area contributed by atoms with Gasteiger partial charge < -0.3 is 15.4 Å². The van der Waals surface area contributed by atoms with E-state index in [1.54, 1.807) is 11.8 Å². The van der Waals surface area contributed by atoms with Crippen molar-refractivity contribution in [3.8, 4) is 0 Å². The number of allylic oxidation sites excluding steroid dienone is 1. The first-order valence-electron chi connectivity index (χ1n) is 9.61. The molecule has 0 aromatic heterocycles. The van der Waals surface area contributed by atoms with Crippen LogP contribution >= 0.6 is 0 Å². The fourth-order valence-corrected chi connectivity index (χ4v) is 3.90. The highest BCUT2D eigenvalue weighted by Crippen LogP contribution is 2.34. The summed E-state index contributed by atoms with van der Waals surface area (Å²) in [5, 5.41) is 0. The highest BCUT2D eigenvalue weighted by Gasteiger charge is 2.29. The minimum absolute atomic E-state index is 0.129. The number of amides is 1. The first-order valence-corrected chi connectivity index (χ1v) is 9.61. The molecule has 2 atom stereocenters. The van der Waals surface area contributed by atoms with Crippen molar-refractivity contribution < 1.29 is 22.7 Å². The predicted molar refractivity (Wildman–Crippen MR) is 99.4 cm³/mol. The number of halogens is 3. The van der Waals surface area contributed by atoms with Crippen molar-refractivity contribution in [2.45, 2.75) is 31.7 Å². The van der Waals surface area contributed by atoms with E-state index in [1.165, 1.54) is 0 Å². The van der Waals surface area contributed by atoms with Crippen LogP contribution in [-0.4, -0.2) is 61.3 Å². The number of carbonyl (C=O) groups is 1. The van der Waals surface area contributed by atoms with E-state index >= 15 is 0 Å². The number of hydrogen-bond donors (Lipinski definition) is 1. The van der Waals surface area contributed by atoms with Gasteiger partial charge in [0.1, 0.15) is 5.82 Å². The lowest BCUT2D eigenvalue weighted by Gasteiger charge is -2.36. The monoisotopic (exact) mass is 397 g/mol. The molecule has 1 saturated heterocycles. The van der Waals surface area contributed by atoms with Crippen molar-refractivity contribution in [1.29, 1.82) is 0 Å². The summed E-state index contributed by atoms with van der Waals surface area (Å²) in [6, 6.07) is 1.14. The second kappa shape index (κ2) is 8.96. The maximum atomic E-state index is 14.1. The molecule has 2 aliphatic rings. The third kappa shape index (κ3) is 4.67. The summed E-state index contributed by atoms with van der Waals surface area (Å²) in [5.41, 5.74) is 7.53. The lowest BCUT2D eigenvalue weighted by Crippen LogP contribution is -2.49. The van der Waals surface area contributed by atoms with Gasteiger partial charge in [-0.3, -0.25) is 4.90 Å². The first kappa shape index (κ1) is 20.7. The molecule has 1 heterocycles. The van der Waals surface area contributed by atoms with Gasteiger partial charge in [-0.15, -0.1) is 0 Å². The number of carbonyl (C=O) groups excluding carboxylic acids is 1. The highest BCUT2D eigenvalue weighted by molar-refractivity contribution is 5.67. The molecule has 1 aliphatic carbocycles. The van der Waals surface area contributed by atoms with Gasteiger partial charge in [-0.05, 0) is 31.4 Å². The van der Waals surface area contributed by atoms with Gasteiger partial charge in [-0.25, -0.2) is 18.0 Å². The summed E-state index contributed by atoms with van der Waals surface area (Å²) < 4.78 is 45.8. The van der Waals surface area contributed by atoms with Crippen molar-refractivity contribution in [2.24, 2.45) is 5.73 Å². The van der Waals surface area contributed by atoms with E-state index in [1.807, 2.05) is 6.08 Å². The van der Waals surface area contributed by atoms with E-state index in [2.05, 4.69) is 4.90 Å². The fraction of sp³-hybridized carbons (Fsp3) is 0.550. The lowest BCUT2D eigenvalue weighted by molar-refractivity contribution is 0.0816. The van der Waals surface area contributed by atoms with Crippen LogP contribution in [0.2, 0.25) is 0 Å². The van der Waals surface area contributed by atoms with Gasteiger partial charge in [-0.2, -0.15) is 0 Å². The third-order valence-corrected chi connectivity index (χ3v) is 5.44. The molecular formula is C20H26F3N3O2. The number of hydrogen-bond acceptors (Lipinski definition) is 4. The molecule has 3 rings (SSSR count). The molecule has 2 N–H and O–H groups in total. The van der Waals surface area contributed by atoms with Crippen LogP contribution in [0.4, 0.5) is 18.0 Å². The number of nitrogens with two attached hydrogens (primary N) is 1. The third-order valence-electron chi connectivity index (χ3n) is 5.44. The quantitative estimate of drug-likeness (QED) is 0.627. The molecule has 0 spiro atoms. The van der Waals surface area contributed by atoms with Gasteiger partial charge in [0.2, 0.25) is 0 Å². The van der Waals surface area contributed by atoms with E-state index in [-0.39, 0.29) is 23.6 Å². The molecule has 0 saturated carbocycles. The van der Waals surface area contributed by atoms with Crippen LogP contribution in [0, 0.1) is 17.5 Å². The Morgan fingerprint density at radius 2 is 1.82 bits per heavy atom. The summed E-state index contributed by atoms with van der Waals surface area (Å²) in [6.45, 7) is 5.59. The van der Waals surface area contributed by atoms with Gasteiger partial charge in [0.05, 0.1) is 6.61 Å². The summed E-state index contributed by atoms with van der Waals surface area (Å²) in [6.07, 6.45) is 2.80. The zero-order valence-electron chi connectivity index (χ0n) is 16.0. The maximum Gasteiger partial charge on any atom is 0.409 e. The Kier molecular flexibility index (Phi) is 6.61. The van der Waals surface area contributed by atoms with Crippen LogP contribution in [0.15, 0.2) is 23.8 Å². The van der Waals surface area contributed by atoms with Crippen LogP contribution in [-0.2, 0) is 4.74 Å². The molecule has 0 radical (unpaired) electrons. The zero-order chi connectivity index (χ0) is 20.3. The summed E-state index contributed by atoms with van der Waals surface area (Å²) >= 11 is 0. The second-order valence-corrected chi connectivity index (χ2v) is 7.32. The van der Waals surface area contributed by atoms with Crippen LogP contribution in [0.1, 0.15) is 31.2 Å². The molecule has 1 fully saturated rings. The Labute approximate surface area is 162 Å². The van der Waals surface area contributed by atoms with Crippen LogP contribution < -0.4 is 5.73 Å². The van der Waals surface area contributed by atoms with Crippen molar-refractivity contribution in [3.63, 3.8) is 0 Å². The van der Waals surface area contributed by atoms with E-state index in [9.17, 15) is 18.0 Å². The van der Waals surface area contributed by atoms with Crippen LogP contribution in [0.25, 0.3) is 0 Å². The molecular weight excluding hydrogens is 371 g/mol. The van der Waals surface area contributed by atoms with Crippen molar-refractivity contribution in [3.05, 3.63) is 46.8 Å². The maximum absolute atomic E-state index is 14.1. The number of rotatable bonds is 4. The van der Waals surface area contributed by atoms with Crippen molar-refractivity contribution in [2.75, 3.05) is 39.3 Å². The molecule has 154 valence electrons. The summed E-state index contributed by atoms with van der Waals surface area (Å²) in [4.78, 5) is 15.7. The van der Waals surface area contributed by atoms with E-state index in [4.69, 9.17) is 10.5 Å². The average molecular weight is 397 g/mol. The van der Waals surface area contributed by atoms with Gasteiger partial charge in [0.25, 0.3) is 0 Å². The van der Waals surface area contributed by atoms with Gasteiger partial charge in [0.15, 0.2) is 11.6 Å². The lowest BCUT2D eigenvalue weighted by atomic mass is 9.80. The molecule has 8 heteroatoms. The SMILES string of the molecule is CCOC(=O)N1CCN(CC2=CC[C@@H](c3cc(F)c(F)cc3F)[C@H](N)C2)CC1. The Morgan fingerprint density at radius 3 is 2.46 bits per heavy atom. The molecule has 0 unspecified atom stereocenters. The normalized spacial score (nSPS) is 23.5. The minimum atomic E-state index is -1.19. The Morgan fingerprint density at radius 1 is 1.14 bits per heavy atom. The largest absolute Gasteiger partial charge is 0.450 e. The minimum Gasteiger partial charge on any atom is -0.450 e. The van der Waals surface area contributed by atoms with Crippen LogP contribution in [0.5, 0.6) is 0 Å². The van der Waals surface area contributed by atoms with Gasteiger partial charge >= 0.3 is 6.09 Å². The zero-order valence-corrected chi connectivity index (χ0v) is 16.0. The fourth-order valence-electron chi connectivity index (χ4n) is 3.90. The van der Waals surface area contributed by atoms with Gasteiger partial charge in [-0.1, -0.05) is 11.6 Å². The van der Waals surface area contributed by atoms with Crippen molar-refractivity contribution in [1.82, 2.24) is 9.80 Å². The van der Waals surface area contributed by atoms with Crippen LogP contribution in [0.3, 0.4) is 0 Å². The Bertz CT molecular complexity index is 748. The second-order valence-electron chi connectivity index (χ2n) is 7.32. The number of ether oxygens (including phenoxy) is 1. The summed E-state index contributed by atoms with van der Waals surface area (Å²) in [7, 11) is 0. The number of nitrogens with zero attached hydrogens (tertiary/aromatic N) is 2. The first-order chi connectivity index (χ1) is 13.4. The van der Waals surface area contributed by atoms with E-state index in [0.29, 0.717) is 38.6 Å². The molecule has 1 amide bonds. The highest BCUT2D eigenvalue weighted by atomic mass is 19.2. The standard InChI is InChI=1S/C20H26F3N3O2/c1-2-28-20(27)26-7-5-25(6-8-26)12-13-3-4-14(19(24)9-13)15-10-17(22)18(23)11-16(15)21/h3,10-11,14,19H,2,4-9,12,24H2,1H3/t14-,19+/m0/s1. The molecule has 28 heavy (non-hydrogen) atoms. The molecule has 0 bridgehead atoms. The van der Waals surface area contributed by atoms with Crippen molar-refractivity contribution >= 4 is 6.09 Å². The number of piperazine rings is 1. The molecule has 1 aliphatic heterocycles. The van der Waals surface area contributed by atoms with E-state index < -0.39 is 17.5 Å². The predicted octanol–water partition coefficient (Wildman–Crippen LogP) is 3.01. The van der Waals surface area contributed by atoms with E-state index in [0.717, 1.165) is 31.3 Å². The molecule has 1 aromatic rings. The average Bonchev–Trinajstić information content (AvgIpc) is 2.66. The number of benzene rings is 1. The van der Waals surface area contributed by atoms with Gasteiger partial charge in [0, 0.05) is 50.7 Å². The molecule has 1 aromatic carbocycles.